The Morgan fingerprint density at radius 1 is 1.00 bits per heavy atom. The van der Waals surface area contributed by atoms with Gasteiger partial charge in [0.25, 0.3) is 5.91 Å². The number of methoxy groups -OCH3 is 1. The van der Waals surface area contributed by atoms with E-state index >= 15 is 0 Å². The first-order chi connectivity index (χ1) is 14.7. The molecule has 4 rings (SSSR count). The van der Waals surface area contributed by atoms with Gasteiger partial charge >= 0.3 is 0 Å². The second-order valence-electron chi connectivity index (χ2n) is 6.89. The molecule has 1 amide bonds. The lowest BCUT2D eigenvalue weighted by Gasteiger charge is -2.05. The van der Waals surface area contributed by atoms with E-state index in [4.69, 9.17) is 16.3 Å². The highest BCUT2D eigenvalue weighted by molar-refractivity contribution is 7.16. The molecule has 0 aliphatic carbocycles. The molecule has 6 heteroatoms. The van der Waals surface area contributed by atoms with Crippen LogP contribution >= 0.6 is 22.9 Å². The van der Waals surface area contributed by atoms with Crippen LogP contribution in [0.15, 0.2) is 77.8 Å². The van der Waals surface area contributed by atoms with Crippen molar-refractivity contribution in [1.29, 1.82) is 0 Å². The Labute approximate surface area is 184 Å². The summed E-state index contributed by atoms with van der Waals surface area (Å²) in [4.78, 5) is 17.9. The Balaban J connectivity index is 1.64. The number of benzene rings is 3. The van der Waals surface area contributed by atoms with Crippen LogP contribution in [-0.2, 0) is 17.7 Å². The summed E-state index contributed by atoms with van der Waals surface area (Å²) in [5.74, 6) is -0.268. The number of carbonyl (C=O) groups is 1. The normalized spacial score (nSPS) is 11.9. The molecule has 4 nitrogen and oxygen atoms in total. The van der Waals surface area contributed by atoms with Crippen molar-refractivity contribution < 1.29 is 9.53 Å². The molecule has 0 bridgehead atoms. The van der Waals surface area contributed by atoms with Crippen molar-refractivity contribution in [1.82, 2.24) is 4.57 Å². The van der Waals surface area contributed by atoms with E-state index in [1.165, 1.54) is 16.9 Å². The number of hydrogen-bond donors (Lipinski definition) is 0. The van der Waals surface area contributed by atoms with Crippen LogP contribution in [0.1, 0.15) is 21.5 Å². The number of thiazole rings is 1. The molecule has 0 N–H and O–H groups in total. The van der Waals surface area contributed by atoms with Crippen LogP contribution < -0.4 is 4.80 Å². The number of fused-ring (bicyclic) bond motifs is 1. The van der Waals surface area contributed by atoms with Gasteiger partial charge in [-0.3, -0.25) is 4.79 Å². The van der Waals surface area contributed by atoms with Gasteiger partial charge in [0.1, 0.15) is 0 Å². The highest BCUT2D eigenvalue weighted by Crippen LogP contribution is 2.25. The molecule has 0 fully saturated rings. The van der Waals surface area contributed by atoms with Crippen molar-refractivity contribution in [3.63, 3.8) is 0 Å². The summed E-state index contributed by atoms with van der Waals surface area (Å²) in [6.45, 7) is 1.08. The minimum atomic E-state index is -0.268. The Bertz CT molecular complexity index is 1230. The van der Waals surface area contributed by atoms with Crippen LogP contribution in [-0.4, -0.2) is 24.2 Å². The molecule has 0 spiro atoms. The lowest BCUT2D eigenvalue weighted by atomic mass is 10.0. The molecule has 4 aromatic rings. The van der Waals surface area contributed by atoms with Gasteiger partial charge in [-0.2, -0.15) is 4.99 Å². The first kappa shape index (κ1) is 20.5. The summed E-state index contributed by atoms with van der Waals surface area (Å²) in [6.07, 6.45) is 0.832. The van der Waals surface area contributed by atoms with E-state index in [0.29, 0.717) is 28.5 Å². The molecule has 1 heterocycles. The lowest BCUT2D eigenvalue weighted by Crippen LogP contribution is -2.19. The highest BCUT2D eigenvalue weighted by Gasteiger charge is 2.12. The molecule has 0 saturated carbocycles. The molecule has 30 heavy (non-hydrogen) atoms. The monoisotopic (exact) mass is 436 g/mol. The molecule has 1 aromatic heterocycles. The molecular formula is C24H21ClN2O2S. The fraction of sp³-hybridized carbons (Fsp3) is 0.167. The average molecular weight is 437 g/mol. The fourth-order valence-corrected chi connectivity index (χ4v) is 4.72. The predicted octanol–water partition coefficient (Wildman–Crippen LogP) is 5.33. The zero-order chi connectivity index (χ0) is 20.9. The fourth-order valence-electron chi connectivity index (χ4n) is 3.31. The second kappa shape index (κ2) is 9.39. The number of aromatic nitrogens is 1. The van der Waals surface area contributed by atoms with Gasteiger partial charge in [-0.05, 0) is 41.8 Å². The Morgan fingerprint density at radius 2 is 1.73 bits per heavy atom. The summed E-state index contributed by atoms with van der Waals surface area (Å²) in [5.41, 5.74) is 3.84. The van der Waals surface area contributed by atoms with Crippen LogP contribution in [0.2, 0.25) is 5.02 Å². The van der Waals surface area contributed by atoms with E-state index in [2.05, 4.69) is 17.1 Å². The third-order valence-electron chi connectivity index (χ3n) is 4.82. The number of carbonyl (C=O) groups excluding carboxylic acids is 1. The van der Waals surface area contributed by atoms with E-state index < -0.39 is 0 Å². The Kier molecular flexibility index (Phi) is 6.43. The third-order valence-corrected chi connectivity index (χ3v) is 6.17. The van der Waals surface area contributed by atoms with Crippen LogP contribution in [0.3, 0.4) is 0 Å². The van der Waals surface area contributed by atoms with E-state index in [-0.39, 0.29) is 5.91 Å². The van der Waals surface area contributed by atoms with Crippen LogP contribution in [0.4, 0.5) is 0 Å². The third kappa shape index (κ3) is 4.54. The standard InChI is InChI=1S/C24H21ClN2O2S/c1-29-15-14-27-22-20(25)8-5-9-21(22)30-24(27)26-23(28)19-12-10-18(11-13-19)16-17-6-3-2-4-7-17/h2-13H,14-16H2,1H3. The number of nitrogens with zero attached hydrogens (tertiary/aromatic N) is 2. The van der Waals surface area contributed by atoms with Gasteiger partial charge in [0.15, 0.2) is 4.80 Å². The zero-order valence-electron chi connectivity index (χ0n) is 16.5. The van der Waals surface area contributed by atoms with Crippen molar-refractivity contribution in [3.8, 4) is 0 Å². The first-order valence-corrected chi connectivity index (χ1v) is 10.8. The maximum atomic E-state index is 12.8. The number of ether oxygens (including phenoxy) is 1. The van der Waals surface area contributed by atoms with Gasteiger partial charge in [0.2, 0.25) is 0 Å². The molecule has 3 aromatic carbocycles. The second-order valence-corrected chi connectivity index (χ2v) is 8.31. The van der Waals surface area contributed by atoms with Crippen molar-refractivity contribution in [2.24, 2.45) is 4.99 Å². The summed E-state index contributed by atoms with van der Waals surface area (Å²) in [7, 11) is 1.65. The smallest absolute Gasteiger partial charge is 0.279 e. The van der Waals surface area contributed by atoms with Gasteiger partial charge in [0.05, 0.1) is 21.8 Å². The molecule has 0 aliphatic rings. The zero-order valence-corrected chi connectivity index (χ0v) is 18.1. The SMILES string of the molecule is COCCn1c(=NC(=O)c2ccc(Cc3ccccc3)cc2)sc2cccc(Cl)c21. The summed E-state index contributed by atoms with van der Waals surface area (Å²) in [6, 6.07) is 23.6. The molecule has 152 valence electrons. The first-order valence-electron chi connectivity index (χ1n) is 9.64. The molecule has 0 aliphatic heterocycles. The maximum Gasteiger partial charge on any atom is 0.279 e. The van der Waals surface area contributed by atoms with Gasteiger partial charge in [0, 0.05) is 19.2 Å². The summed E-state index contributed by atoms with van der Waals surface area (Å²) in [5, 5.41) is 0.638. The number of amides is 1. The molecule has 0 saturated heterocycles. The summed E-state index contributed by atoms with van der Waals surface area (Å²) < 4.78 is 8.17. The van der Waals surface area contributed by atoms with Crippen molar-refractivity contribution in [3.05, 3.63) is 99.3 Å². The van der Waals surface area contributed by atoms with E-state index in [1.807, 2.05) is 65.2 Å². The van der Waals surface area contributed by atoms with Gasteiger partial charge < -0.3 is 9.30 Å². The average Bonchev–Trinajstić information content (AvgIpc) is 3.11. The summed E-state index contributed by atoms with van der Waals surface area (Å²) >= 11 is 7.86. The molecular weight excluding hydrogens is 416 g/mol. The predicted molar refractivity (Wildman–Crippen MR) is 122 cm³/mol. The maximum absolute atomic E-state index is 12.8. The van der Waals surface area contributed by atoms with E-state index in [1.54, 1.807) is 7.11 Å². The largest absolute Gasteiger partial charge is 0.383 e. The van der Waals surface area contributed by atoms with Crippen molar-refractivity contribution in [2.45, 2.75) is 13.0 Å². The number of halogens is 1. The number of rotatable bonds is 6. The molecule has 0 radical (unpaired) electrons. The Hall–Kier alpha value is -2.73. The van der Waals surface area contributed by atoms with E-state index in [0.717, 1.165) is 22.2 Å². The van der Waals surface area contributed by atoms with Gasteiger partial charge in [-0.1, -0.05) is 71.5 Å². The van der Waals surface area contributed by atoms with E-state index in [9.17, 15) is 4.79 Å². The Morgan fingerprint density at radius 3 is 2.47 bits per heavy atom. The van der Waals surface area contributed by atoms with Crippen LogP contribution in [0.5, 0.6) is 0 Å². The number of hydrogen-bond acceptors (Lipinski definition) is 3. The van der Waals surface area contributed by atoms with Gasteiger partial charge in [-0.25, -0.2) is 0 Å². The highest BCUT2D eigenvalue weighted by atomic mass is 35.5. The molecule has 0 atom stereocenters. The van der Waals surface area contributed by atoms with Gasteiger partial charge in [-0.15, -0.1) is 0 Å². The minimum absolute atomic E-state index is 0.268. The van der Waals surface area contributed by atoms with Crippen LogP contribution in [0.25, 0.3) is 10.2 Å². The topological polar surface area (TPSA) is 43.6 Å². The minimum Gasteiger partial charge on any atom is -0.383 e. The van der Waals surface area contributed by atoms with Crippen molar-refractivity contribution >= 4 is 39.1 Å². The number of para-hydroxylation sites is 1. The van der Waals surface area contributed by atoms with Crippen molar-refractivity contribution in [2.75, 3.05) is 13.7 Å². The molecule has 0 unspecified atom stereocenters. The quantitative estimate of drug-likeness (QED) is 0.409. The lowest BCUT2D eigenvalue weighted by molar-refractivity contribution is 0.0997. The van der Waals surface area contributed by atoms with Crippen LogP contribution in [0, 0.1) is 0 Å².